The van der Waals surface area contributed by atoms with E-state index in [1.807, 2.05) is 6.07 Å². The van der Waals surface area contributed by atoms with Crippen LogP contribution in [0.4, 0.5) is 15.1 Å². The average molecular weight is 605 g/mol. The van der Waals surface area contributed by atoms with Gasteiger partial charge in [0, 0.05) is 5.56 Å². The van der Waals surface area contributed by atoms with Crippen LogP contribution in [0.25, 0.3) is 11.3 Å². The molecule has 2 aromatic heterocycles. The Morgan fingerprint density at radius 2 is 1.70 bits per heavy atom. The van der Waals surface area contributed by atoms with Crippen LogP contribution in [0.2, 0.25) is 0 Å². The third-order valence-corrected chi connectivity index (χ3v) is 8.61. The summed E-state index contributed by atoms with van der Waals surface area (Å²) >= 11 is 0.804. The summed E-state index contributed by atoms with van der Waals surface area (Å²) in [5.41, 5.74) is 1.36. The van der Waals surface area contributed by atoms with E-state index in [1.165, 1.54) is 31.2 Å². The lowest BCUT2D eigenvalue weighted by Gasteiger charge is -2.27. The average Bonchev–Trinajstić information content (AvgIpc) is 3.77. The molecule has 0 spiro atoms. The Kier molecular flexibility index (Phi) is 7.32. The van der Waals surface area contributed by atoms with Gasteiger partial charge in [0.15, 0.2) is 6.10 Å². The highest BCUT2D eigenvalue weighted by Gasteiger charge is 2.62. The number of fused-ring (bicyclic) bond motifs is 1. The molecule has 6 rings (SSSR count). The molecule has 2 aliphatic rings. The fourth-order valence-corrected chi connectivity index (χ4v) is 6.57. The largest absolute Gasteiger partial charge is 0.465 e. The first-order valence-electron chi connectivity index (χ1n) is 13.4. The van der Waals surface area contributed by atoms with Crippen LogP contribution in [0.3, 0.4) is 0 Å². The highest BCUT2D eigenvalue weighted by Crippen LogP contribution is 2.50. The van der Waals surface area contributed by atoms with Crippen LogP contribution in [-0.2, 0) is 23.9 Å². The van der Waals surface area contributed by atoms with Crippen LogP contribution in [0, 0.1) is 18.7 Å². The zero-order valence-corrected chi connectivity index (χ0v) is 24.1. The van der Waals surface area contributed by atoms with E-state index in [4.69, 9.17) is 18.7 Å². The van der Waals surface area contributed by atoms with Gasteiger partial charge >= 0.3 is 11.9 Å². The normalized spacial score (nSPS) is 19.6. The minimum atomic E-state index is -1.25. The molecule has 220 valence electrons. The van der Waals surface area contributed by atoms with Crippen molar-refractivity contribution in [2.45, 2.75) is 26.0 Å². The van der Waals surface area contributed by atoms with Gasteiger partial charge in [-0.05, 0) is 67.9 Å². The van der Waals surface area contributed by atoms with Crippen molar-refractivity contribution >= 4 is 45.8 Å². The van der Waals surface area contributed by atoms with E-state index < -0.39 is 47.6 Å². The van der Waals surface area contributed by atoms with Crippen LogP contribution in [0.1, 0.15) is 44.3 Å². The molecule has 0 unspecified atom stereocenters. The second-order valence-electron chi connectivity index (χ2n) is 9.83. The van der Waals surface area contributed by atoms with Crippen LogP contribution >= 0.6 is 11.3 Å². The van der Waals surface area contributed by atoms with Crippen LogP contribution in [-0.4, -0.2) is 43.6 Å². The van der Waals surface area contributed by atoms with Crippen LogP contribution in [0.5, 0.6) is 0 Å². The highest BCUT2D eigenvalue weighted by atomic mass is 32.1. The SMILES string of the molecule is CCOC(=O)c1sc(N2C(=O)[C@@H]3[C@H](ON(c4ccccc4)[C@@H]3c3ccc(-c4ccc(F)cc4)o3)C2=O)c(C(=O)OC)c1C. The number of furan rings is 1. The molecule has 4 heterocycles. The summed E-state index contributed by atoms with van der Waals surface area (Å²) < 4.78 is 29.8. The van der Waals surface area contributed by atoms with E-state index in [0.29, 0.717) is 22.8 Å². The number of methoxy groups -OCH3 is 1. The fraction of sp³-hybridized carbons (Fsp3) is 0.226. The molecule has 3 atom stereocenters. The van der Waals surface area contributed by atoms with Crippen molar-refractivity contribution in [1.82, 2.24) is 0 Å². The second-order valence-corrected chi connectivity index (χ2v) is 10.8. The van der Waals surface area contributed by atoms with Crippen molar-refractivity contribution in [3.63, 3.8) is 0 Å². The Morgan fingerprint density at radius 1 is 0.977 bits per heavy atom. The molecule has 0 bridgehead atoms. The van der Waals surface area contributed by atoms with Crippen molar-refractivity contribution in [2.75, 3.05) is 23.7 Å². The first-order chi connectivity index (χ1) is 20.7. The quantitative estimate of drug-likeness (QED) is 0.200. The number of imide groups is 1. The Balaban J connectivity index is 1.43. The smallest absolute Gasteiger partial charge is 0.348 e. The fourth-order valence-electron chi connectivity index (χ4n) is 5.37. The highest BCUT2D eigenvalue weighted by molar-refractivity contribution is 7.19. The third kappa shape index (κ3) is 4.68. The van der Waals surface area contributed by atoms with E-state index in [2.05, 4.69) is 0 Å². The monoisotopic (exact) mass is 604 g/mol. The molecular weight excluding hydrogens is 579 g/mol. The van der Waals surface area contributed by atoms with Crippen molar-refractivity contribution in [1.29, 1.82) is 0 Å². The van der Waals surface area contributed by atoms with Gasteiger partial charge in [-0.2, -0.15) is 0 Å². The number of benzene rings is 2. The van der Waals surface area contributed by atoms with Gasteiger partial charge in [-0.15, -0.1) is 11.3 Å². The van der Waals surface area contributed by atoms with E-state index in [-0.39, 0.29) is 27.6 Å². The molecule has 2 aromatic carbocycles. The number of para-hydroxylation sites is 1. The van der Waals surface area contributed by atoms with Crippen molar-refractivity contribution in [3.8, 4) is 11.3 Å². The van der Waals surface area contributed by atoms with Gasteiger partial charge in [0.25, 0.3) is 5.91 Å². The maximum absolute atomic E-state index is 14.2. The van der Waals surface area contributed by atoms with E-state index >= 15 is 0 Å². The van der Waals surface area contributed by atoms with Crippen LogP contribution < -0.4 is 9.96 Å². The molecule has 2 amide bonds. The van der Waals surface area contributed by atoms with E-state index in [0.717, 1.165) is 16.2 Å². The lowest BCUT2D eigenvalue weighted by atomic mass is 9.94. The lowest BCUT2D eigenvalue weighted by molar-refractivity contribution is -0.126. The molecule has 0 saturated carbocycles. The topological polar surface area (TPSA) is 116 Å². The third-order valence-electron chi connectivity index (χ3n) is 7.35. The van der Waals surface area contributed by atoms with Crippen molar-refractivity contribution in [3.05, 3.63) is 94.3 Å². The summed E-state index contributed by atoms with van der Waals surface area (Å²) in [5.74, 6) is -3.54. The molecule has 43 heavy (non-hydrogen) atoms. The maximum Gasteiger partial charge on any atom is 0.348 e. The number of rotatable bonds is 7. The van der Waals surface area contributed by atoms with Gasteiger partial charge in [0.1, 0.15) is 39.2 Å². The Morgan fingerprint density at radius 3 is 2.37 bits per heavy atom. The van der Waals surface area contributed by atoms with Crippen molar-refractivity contribution < 1.29 is 42.3 Å². The van der Waals surface area contributed by atoms with Gasteiger partial charge in [-0.25, -0.2) is 23.9 Å². The first-order valence-corrected chi connectivity index (χ1v) is 14.2. The molecule has 0 radical (unpaired) electrons. The number of halogens is 1. The number of anilines is 2. The summed E-state index contributed by atoms with van der Waals surface area (Å²) in [7, 11) is 1.17. The number of amides is 2. The lowest BCUT2D eigenvalue weighted by Crippen LogP contribution is -2.37. The van der Waals surface area contributed by atoms with Gasteiger partial charge in [-0.3, -0.25) is 14.4 Å². The molecule has 10 nitrogen and oxygen atoms in total. The number of thiophene rings is 1. The summed E-state index contributed by atoms with van der Waals surface area (Å²) in [6.07, 6.45) is -1.25. The number of esters is 2. The summed E-state index contributed by atoms with van der Waals surface area (Å²) in [5, 5.41) is 1.43. The van der Waals surface area contributed by atoms with Gasteiger partial charge in [0.2, 0.25) is 5.91 Å². The number of carbonyl (C=O) groups excluding carboxylic acids is 4. The molecular formula is C31H25FN2O8S. The van der Waals surface area contributed by atoms with Crippen molar-refractivity contribution in [2.24, 2.45) is 5.92 Å². The minimum absolute atomic E-state index is 0.0446. The van der Waals surface area contributed by atoms with Gasteiger partial charge in [0.05, 0.1) is 25.0 Å². The second kappa shape index (κ2) is 11.1. The number of hydroxylamine groups is 1. The van der Waals surface area contributed by atoms with Gasteiger partial charge < -0.3 is 13.9 Å². The molecule has 0 aliphatic carbocycles. The standard InChI is InChI=1S/C31H25FN2O8S/c1-4-40-31(38)26-16(2)22(30(37)39-3)29(43-26)33-27(35)23-24(21-15-14-20(41-21)17-10-12-18(32)13-11-17)34(42-25(23)28(33)36)19-8-6-5-7-9-19/h5-15,23-25H,4H2,1-3H3/t23-,24+,25-/m0/s1. The predicted octanol–water partition coefficient (Wildman–Crippen LogP) is 5.47. The number of hydrogen-bond acceptors (Lipinski definition) is 10. The maximum atomic E-state index is 14.2. The summed E-state index contributed by atoms with van der Waals surface area (Å²) in [6.45, 7) is 3.27. The minimum Gasteiger partial charge on any atom is -0.465 e. The summed E-state index contributed by atoms with van der Waals surface area (Å²) in [6, 6.07) is 17.2. The Labute approximate surface area is 249 Å². The predicted molar refractivity (Wildman–Crippen MR) is 153 cm³/mol. The number of carbonyl (C=O) groups is 4. The van der Waals surface area contributed by atoms with Crippen LogP contribution in [0.15, 0.2) is 71.1 Å². The molecule has 2 saturated heterocycles. The molecule has 2 fully saturated rings. The molecule has 4 aromatic rings. The van der Waals surface area contributed by atoms with E-state index in [1.54, 1.807) is 55.5 Å². The van der Waals surface area contributed by atoms with Gasteiger partial charge in [-0.1, -0.05) is 18.2 Å². The molecule has 2 aliphatic heterocycles. The number of hydrogen-bond donors (Lipinski definition) is 0. The Bertz CT molecular complexity index is 1730. The zero-order chi connectivity index (χ0) is 30.4. The van der Waals surface area contributed by atoms with E-state index in [9.17, 15) is 23.6 Å². The first kappa shape index (κ1) is 28.3. The molecule has 12 heteroatoms. The molecule has 0 N–H and O–H groups in total. The zero-order valence-electron chi connectivity index (χ0n) is 23.2. The number of nitrogens with zero attached hydrogens (tertiary/aromatic N) is 2. The summed E-state index contributed by atoms with van der Waals surface area (Å²) in [4.78, 5) is 60.8. The Hall–Kier alpha value is -4.81. The number of ether oxygens (including phenoxy) is 2.